The number of phenols is 1. The Morgan fingerprint density at radius 2 is 1.71 bits per heavy atom. The number of carbonyl (C=O) groups is 1. The smallest absolute Gasteiger partial charge is 0.204 e. The SMILES string of the molecule is O=C(Cc1c(Cl)cncc1Cl)c1ccc(O)c2c1OCC1(CCOCC1)CO2. The molecule has 0 unspecified atom stereocenters. The van der Waals surface area contributed by atoms with Gasteiger partial charge in [-0.3, -0.25) is 9.78 Å². The van der Waals surface area contributed by atoms with Gasteiger partial charge in [-0.05, 0) is 25.0 Å². The first-order chi connectivity index (χ1) is 13.5. The van der Waals surface area contributed by atoms with Gasteiger partial charge in [0.2, 0.25) is 5.75 Å². The van der Waals surface area contributed by atoms with E-state index in [9.17, 15) is 9.90 Å². The van der Waals surface area contributed by atoms with E-state index < -0.39 is 0 Å². The number of Topliss-reactive ketones (excluding diaryl/α,β-unsaturated/α-hetero) is 1. The van der Waals surface area contributed by atoms with E-state index >= 15 is 0 Å². The Balaban J connectivity index is 1.64. The van der Waals surface area contributed by atoms with E-state index in [4.69, 9.17) is 37.4 Å². The van der Waals surface area contributed by atoms with Gasteiger partial charge in [0.05, 0.1) is 28.8 Å². The van der Waals surface area contributed by atoms with Gasteiger partial charge in [-0.1, -0.05) is 23.2 Å². The molecule has 2 aliphatic rings. The van der Waals surface area contributed by atoms with Gasteiger partial charge in [0.15, 0.2) is 17.3 Å². The highest BCUT2D eigenvalue weighted by Gasteiger charge is 2.38. The Hall–Kier alpha value is -2.02. The van der Waals surface area contributed by atoms with Crippen molar-refractivity contribution in [3.63, 3.8) is 0 Å². The first kappa shape index (κ1) is 19.3. The van der Waals surface area contributed by atoms with Crippen LogP contribution in [-0.4, -0.2) is 42.3 Å². The lowest BCUT2D eigenvalue weighted by Gasteiger charge is -2.34. The van der Waals surface area contributed by atoms with Crippen LogP contribution in [0.3, 0.4) is 0 Å². The van der Waals surface area contributed by atoms with Crippen molar-refractivity contribution in [3.05, 3.63) is 45.7 Å². The molecule has 8 heteroatoms. The molecule has 0 atom stereocenters. The molecule has 0 saturated carbocycles. The largest absolute Gasteiger partial charge is 0.504 e. The van der Waals surface area contributed by atoms with Gasteiger partial charge in [-0.2, -0.15) is 0 Å². The molecule has 1 aromatic carbocycles. The zero-order valence-electron chi connectivity index (χ0n) is 15.0. The van der Waals surface area contributed by atoms with Crippen molar-refractivity contribution in [2.45, 2.75) is 19.3 Å². The van der Waals surface area contributed by atoms with Crippen LogP contribution in [-0.2, 0) is 11.2 Å². The van der Waals surface area contributed by atoms with Gasteiger partial charge in [-0.25, -0.2) is 0 Å². The minimum absolute atomic E-state index is 0.0141. The summed E-state index contributed by atoms with van der Waals surface area (Å²) in [6.07, 6.45) is 4.48. The second kappa shape index (κ2) is 7.78. The Bertz CT molecular complexity index is 891. The van der Waals surface area contributed by atoms with E-state index in [0.717, 1.165) is 12.8 Å². The molecule has 1 aromatic heterocycles. The number of ketones is 1. The Morgan fingerprint density at radius 3 is 2.39 bits per heavy atom. The highest BCUT2D eigenvalue weighted by atomic mass is 35.5. The lowest BCUT2D eigenvalue weighted by atomic mass is 9.82. The molecule has 0 aliphatic carbocycles. The Morgan fingerprint density at radius 1 is 1.07 bits per heavy atom. The van der Waals surface area contributed by atoms with Gasteiger partial charge in [0.1, 0.15) is 0 Å². The number of carbonyl (C=O) groups excluding carboxylic acids is 1. The number of nitrogens with zero attached hydrogens (tertiary/aromatic N) is 1. The summed E-state index contributed by atoms with van der Waals surface area (Å²) in [6.45, 7) is 2.07. The van der Waals surface area contributed by atoms with Crippen molar-refractivity contribution in [2.24, 2.45) is 5.41 Å². The Labute approximate surface area is 172 Å². The van der Waals surface area contributed by atoms with E-state index in [1.807, 2.05) is 0 Å². The maximum atomic E-state index is 13.0. The van der Waals surface area contributed by atoms with E-state index in [0.29, 0.717) is 47.6 Å². The molecule has 3 heterocycles. The topological polar surface area (TPSA) is 77.9 Å². The molecule has 148 valence electrons. The minimum Gasteiger partial charge on any atom is -0.504 e. The summed E-state index contributed by atoms with van der Waals surface area (Å²) >= 11 is 12.3. The monoisotopic (exact) mass is 423 g/mol. The summed E-state index contributed by atoms with van der Waals surface area (Å²) in [5, 5.41) is 10.9. The number of ether oxygens (including phenoxy) is 3. The van der Waals surface area contributed by atoms with Crippen LogP contribution in [0.15, 0.2) is 24.5 Å². The molecule has 0 radical (unpaired) electrons. The first-order valence-corrected chi connectivity index (χ1v) is 9.75. The summed E-state index contributed by atoms with van der Waals surface area (Å²) in [5.74, 6) is 0.157. The molecular formula is C20H19Cl2NO5. The van der Waals surface area contributed by atoms with Crippen molar-refractivity contribution in [2.75, 3.05) is 26.4 Å². The van der Waals surface area contributed by atoms with Crippen LogP contribution in [0.1, 0.15) is 28.8 Å². The van der Waals surface area contributed by atoms with E-state index in [2.05, 4.69) is 4.98 Å². The standard InChI is InChI=1S/C20H19Cl2NO5/c21-14-8-23-9-15(22)13(14)7-17(25)12-1-2-16(24)19-18(12)27-10-20(11-28-19)3-5-26-6-4-20/h1-2,8-9,24H,3-7,10-11H2. The molecule has 1 saturated heterocycles. The fraction of sp³-hybridized carbons (Fsp3) is 0.400. The summed E-state index contributed by atoms with van der Waals surface area (Å²) < 4.78 is 17.4. The minimum atomic E-state index is -0.238. The Kier molecular flexibility index (Phi) is 5.36. The van der Waals surface area contributed by atoms with E-state index in [-0.39, 0.29) is 34.9 Å². The third kappa shape index (κ3) is 3.64. The normalized spacial score (nSPS) is 17.9. The molecule has 4 rings (SSSR count). The quantitative estimate of drug-likeness (QED) is 0.749. The summed E-state index contributed by atoms with van der Waals surface area (Å²) in [7, 11) is 0. The number of benzene rings is 1. The zero-order valence-corrected chi connectivity index (χ0v) is 16.6. The number of fused-ring (bicyclic) bond motifs is 1. The van der Waals surface area contributed by atoms with E-state index in [1.165, 1.54) is 24.5 Å². The molecule has 2 aromatic rings. The van der Waals surface area contributed by atoms with Crippen molar-refractivity contribution in [1.29, 1.82) is 0 Å². The van der Waals surface area contributed by atoms with Crippen LogP contribution >= 0.6 is 23.2 Å². The van der Waals surface area contributed by atoms with Crippen molar-refractivity contribution >= 4 is 29.0 Å². The van der Waals surface area contributed by atoms with Crippen molar-refractivity contribution in [1.82, 2.24) is 4.98 Å². The number of rotatable bonds is 3. The van der Waals surface area contributed by atoms with Crippen molar-refractivity contribution in [3.8, 4) is 17.2 Å². The number of hydrogen-bond acceptors (Lipinski definition) is 6. The summed E-state index contributed by atoms with van der Waals surface area (Å²) in [5.41, 5.74) is 0.628. The number of hydrogen-bond donors (Lipinski definition) is 1. The van der Waals surface area contributed by atoms with Crippen LogP contribution in [0.4, 0.5) is 0 Å². The van der Waals surface area contributed by atoms with Gasteiger partial charge < -0.3 is 19.3 Å². The van der Waals surface area contributed by atoms with Crippen LogP contribution in [0, 0.1) is 5.41 Å². The van der Waals surface area contributed by atoms with Crippen LogP contribution in [0.5, 0.6) is 17.2 Å². The van der Waals surface area contributed by atoms with Crippen LogP contribution < -0.4 is 9.47 Å². The molecule has 1 fully saturated rings. The second-order valence-electron chi connectivity index (χ2n) is 7.16. The van der Waals surface area contributed by atoms with Gasteiger partial charge in [0, 0.05) is 43.0 Å². The molecule has 1 spiro atoms. The number of phenolic OH excluding ortho intramolecular Hbond substituents is 1. The first-order valence-electron chi connectivity index (χ1n) is 8.99. The fourth-order valence-corrected chi connectivity index (χ4v) is 4.00. The second-order valence-corrected chi connectivity index (χ2v) is 7.98. The number of halogens is 2. The average Bonchev–Trinajstić information content (AvgIpc) is 2.87. The molecule has 2 aliphatic heterocycles. The molecule has 28 heavy (non-hydrogen) atoms. The summed E-state index contributed by atoms with van der Waals surface area (Å²) in [6, 6.07) is 2.97. The zero-order chi connectivity index (χ0) is 19.7. The highest BCUT2D eigenvalue weighted by Crippen LogP contribution is 2.45. The molecule has 6 nitrogen and oxygen atoms in total. The lowest BCUT2D eigenvalue weighted by molar-refractivity contribution is -0.0254. The van der Waals surface area contributed by atoms with E-state index in [1.54, 1.807) is 0 Å². The maximum absolute atomic E-state index is 13.0. The fourth-order valence-electron chi connectivity index (χ4n) is 3.50. The molecule has 0 amide bonds. The van der Waals surface area contributed by atoms with Gasteiger partial charge >= 0.3 is 0 Å². The predicted molar refractivity (Wildman–Crippen MR) is 104 cm³/mol. The molecular weight excluding hydrogens is 405 g/mol. The van der Waals surface area contributed by atoms with Crippen LogP contribution in [0.2, 0.25) is 10.0 Å². The van der Waals surface area contributed by atoms with Crippen molar-refractivity contribution < 1.29 is 24.1 Å². The lowest BCUT2D eigenvalue weighted by Crippen LogP contribution is -2.39. The third-order valence-corrected chi connectivity index (χ3v) is 5.93. The van der Waals surface area contributed by atoms with Crippen LogP contribution in [0.25, 0.3) is 0 Å². The summed E-state index contributed by atoms with van der Waals surface area (Å²) in [4.78, 5) is 16.9. The average molecular weight is 424 g/mol. The van der Waals surface area contributed by atoms with Gasteiger partial charge in [0.25, 0.3) is 0 Å². The maximum Gasteiger partial charge on any atom is 0.204 e. The number of aromatic nitrogens is 1. The molecule has 0 bridgehead atoms. The molecule has 1 N–H and O–H groups in total. The van der Waals surface area contributed by atoms with Gasteiger partial charge in [-0.15, -0.1) is 0 Å². The third-order valence-electron chi connectivity index (χ3n) is 5.28. The number of aromatic hydroxyl groups is 1. The highest BCUT2D eigenvalue weighted by molar-refractivity contribution is 6.36. The number of pyridine rings is 1. The predicted octanol–water partition coefficient (Wildman–Crippen LogP) is 4.09.